The Morgan fingerprint density at radius 2 is 1.59 bits per heavy atom. The third kappa shape index (κ3) is 5.45. The van der Waals surface area contributed by atoms with Gasteiger partial charge >= 0.3 is 0 Å². The van der Waals surface area contributed by atoms with Gasteiger partial charge in [-0.1, -0.05) is 12.8 Å². The average Bonchev–Trinajstić information content (AvgIpc) is 3.07. The lowest BCUT2D eigenvalue weighted by molar-refractivity contribution is -0.114. The summed E-state index contributed by atoms with van der Waals surface area (Å²) in [5.41, 5.74) is 0.625. The van der Waals surface area contributed by atoms with E-state index in [4.69, 9.17) is 9.47 Å². The second kappa shape index (κ2) is 9.80. The van der Waals surface area contributed by atoms with Crippen LogP contribution in [0.2, 0.25) is 0 Å². The van der Waals surface area contributed by atoms with Crippen LogP contribution in [-0.2, 0) is 24.8 Å². The number of nitrogens with one attached hydrogen (secondary N) is 1. The summed E-state index contributed by atoms with van der Waals surface area (Å²) in [4.78, 5) is 12.8. The summed E-state index contributed by atoms with van der Waals surface area (Å²) >= 11 is 0. The van der Waals surface area contributed by atoms with Crippen molar-refractivity contribution in [3.05, 3.63) is 42.5 Å². The molecule has 4 rings (SSSR count). The van der Waals surface area contributed by atoms with Crippen molar-refractivity contribution in [2.45, 2.75) is 30.6 Å². The zero-order chi connectivity index (χ0) is 24.3. The van der Waals surface area contributed by atoms with Gasteiger partial charge in [0.25, 0.3) is 0 Å². The number of fused-ring (bicyclic) bond motifs is 1. The molecular formula is C22H27N3O7S2. The van der Waals surface area contributed by atoms with E-state index in [0.717, 1.165) is 36.2 Å². The SMILES string of the molecule is CS(=O)(=O)N(CC(=O)Nc1ccc(S(=O)(=O)N2CCCCCC2)cc1)c1ccc2c(c1)OCO2. The fraction of sp³-hybridized carbons (Fsp3) is 0.409. The van der Waals surface area contributed by atoms with Crippen molar-refractivity contribution in [1.82, 2.24) is 4.31 Å². The highest BCUT2D eigenvalue weighted by Crippen LogP contribution is 2.36. The van der Waals surface area contributed by atoms with E-state index in [1.54, 1.807) is 6.07 Å². The van der Waals surface area contributed by atoms with Gasteiger partial charge in [-0.25, -0.2) is 16.8 Å². The molecule has 0 atom stereocenters. The molecule has 0 aromatic heterocycles. The van der Waals surface area contributed by atoms with Gasteiger partial charge in [-0.05, 0) is 49.2 Å². The zero-order valence-corrected chi connectivity index (χ0v) is 20.4. The van der Waals surface area contributed by atoms with Crippen LogP contribution in [0.4, 0.5) is 11.4 Å². The van der Waals surface area contributed by atoms with Crippen LogP contribution in [0.15, 0.2) is 47.4 Å². The number of amides is 1. The van der Waals surface area contributed by atoms with Crippen LogP contribution in [0.25, 0.3) is 0 Å². The molecule has 0 unspecified atom stereocenters. The molecule has 0 radical (unpaired) electrons. The maximum atomic E-state index is 12.9. The first kappa shape index (κ1) is 24.3. The maximum Gasteiger partial charge on any atom is 0.245 e. The topological polar surface area (TPSA) is 122 Å². The number of anilines is 2. The standard InChI is InChI=1S/C22H27N3O7S2/c1-33(27,28)25(18-8-11-20-21(14-18)32-16-31-20)15-22(26)23-17-6-9-19(10-7-17)34(29,30)24-12-4-2-3-5-13-24/h6-11,14H,2-5,12-13,15-16H2,1H3,(H,23,26). The second-order valence-corrected chi connectivity index (χ2v) is 12.0. The molecule has 2 aliphatic heterocycles. The fourth-order valence-electron chi connectivity index (χ4n) is 3.91. The summed E-state index contributed by atoms with van der Waals surface area (Å²) in [6, 6.07) is 10.5. The molecule has 1 saturated heterocycles. The largest absolute Gasteiger partial charge is 0.454 e. The van der Waals surface area contributed by atoms with Gasteiger partial charge in [0.15, 0.2) is 11.5 Å². The normalized spacial score (nSPS) is 16.6. The Balaban J connectivity index is 1.45. The molecular weight excluding hydrogens is 482 g/mol. The van der Waals surface area contributed by atoms with Crippen LogP contribution in [0.5, 0.6) is 11.5 Å². The van der Waals surface area contributed by atoms with E-state index >= 15 is 0 Å². The molecule has 2 heterocycles. The van der Waals surface area contributed by atoms with Gasteiger partial charge in [0.1, 0.15) is 6.54 Å². The Morgan fingerprint density at radius 3 is 2.24 bits per heavy atom. The monoisotopic (exact) mass is 509 g/mol. The molecule has 1 fully saturated rings. The summed E-state index contributed by atoms with van der Waals surface area (Å²) in [6.07, 6.45) is 4.73. The van der Waals surface area contributed by atoms with E-state index in [1.165, 1.54) is 40.7 Å². The van der Waals surface area contributed by atoms with Crippen LogP contribution < -0.4 is 19.1 Å². The first-order chi connectivity index (χ1) is 16.1. The van der Waals surface area contributed by atoms with Crippen LogP contribution in [0, 0.1) is 0 Å². The smallest absolute Gasteiger partial charge is 0.245 e. The minimum absolute atomic E-state index is 0.0433. The molecule has 0 spiro atoms. The van der Waals surface area contributed by atoms with Gasteiger partial charge < -0.3 is 14.8 Å². The van der Waals surface area contributed by atoms with Crippen molar-refractivity contribution in [2.24, 2.45) is 0 Å². The number of carbonyl (C=O) groups excluding carboxylic acids is 1. The van der Waals surface area contributed by atoms with Crippen molar-refractivity contribution in [3.63, 3.8) is 0 Å². The number of rotatable bonds is 7. The van der Waals surface area contributed by atoms with Crippen LogP contribution in [0.1, 0.15) is 25.7 Å². The predicted octanol–water partition coefficient (Wildman–Crippen LogP) is 2.38. The summed E-state index contributed by atoms with van der Waals surface area (Å²) in [5.74, 6) is 0.316. The van der Waals surface area contributed by atoms with E-state index < -0.39 is 32.5 Å². The Kier molecular flexibility index (Phi) is 7.01. The van der Waals surface area contributed by atoms with Crippen molar-refractivity contribution < 1.29 is 31.1 Å². The highest BCUT2D eigenvalue weighted by molar-refractivity contribution is 7.92. The van der Waals surface area contributed by atoms with E-state index in [1.807, 2.05) is 0 Å². The Labute approximate surface area is 199 Å². The molecule has 2 aromatic rings. The average molecular weight is 510 g/mol. The Hall–Kier alpha value is -2.83. The summed E-state index contributed by atoms with van der Waals surface area (Å²) in [7, 11) is -7.37. The number of carbonyl (C=O) groups is 1. The molecule has 0 aliphatic carbocycles. The maximum absolute atomic E-state index is 12.9. The van der Waals surface area contributed by atoms with E-state index in [-0.39, 0.29) is 17.4 Å². The number of hydrogen-bond donors (Lipinski definition) is 1. The van der Waals surface area contributed by atoms with Gasteiger partial charge in [0.2, 0.25) is 32.7 Å². The Morgan fingerprint density at radius 1 is 0.941 bits per heavy atom. The third-order valence-electron chi connectivity index (χ3n) is 5.67. The zero-order valence-electron chi connectivity index (χ0n) is 18.8. The van der Waals surface area contributed by atoms with Gasteiger partial charge in [0, 0.05) is 24.8 Å². The molecule has 184 valence electrons. The number of benzene rings is 2. The molecule has 1 N–H and O–H groups in total. The molecule has 0 saturated carbocycles. The first-order valence-electron chi connectivity index (χ1n) is 10.9. The molecule has 34 heavy (non-hydrogen) atoms. The quantitative estimate of drug-likeness (QED) is 0.608. The van der Waals surface area contributed by atoms with Crippen LogP contribution >= 0.6 is 0 Å². The third-order valence-corrected chi connectivity index (χ3v) is 8.73. The summed E-state index contributed by atoms with van der Waals surface area (Å²) < 4.78 is 63.5. The minimum atomic E-state index is -3.77. The first-order valence-corrected chi connectivity index (χ1v) is 14.2. The van der Waals surface area contributed by atoms with E-state index in [2.05, 4.69) is 5.32 Å². The van der Waals surface area contributed by atoms with Gasteiger partial charge in [0.05, 0.1) is 16.8 Å². The minimum Gasteiger partial charge on any atom is -0.454 e. The van der Waals surface area contributed by atoms with Crippen molar-refractivity contribution in [3.8, 4) is 11.5 Å². The highest BCUT2D eigenvalue weighted by Gasteiger charge is 2.26. The second-order valence-electron chi connectivity index (χ2n) is 8.20. The van der Waals surface area contributed by atoms with Crippen LogP contribution in [-0.4, -0.2) is 59.7 Å². The predicted molar refractivity (Wildman–Crippen MR) is 127 cm³/mol. The lowest BCUT2D eigenvalue weighted by Gasteiger charge is -2.22. The van der Waals surface area contributed by atoms with E-state index in [0.29, 0.717) is 30.3 Å². The number of ether oxygens (including phenoxy) is 2. The number of nitrogens with zero attached hydrogens (tertiary/aromatic N) is 2. The number of sulfonamides is 2. The van der Waals surface area contributed by atoms with Gasteiger partial charge in [-0.3, -0.25) is 9.10 Å². The summed E-state index contributed by atoms with van der Waals surface area (Å²) in [6.45, 7) is 0.581. The lowest BCUT2D eigenvalue weighted by Crippen LogP contribution is -2.37. The van der Waals surface area contributed by atoms with Gasteiger partial charge in [-0.2, -0.15) is 4.31 Å². The highest BCUT2D eigenvalue weighted by atomic mass is 32.2. The van der Waals surface area contributed by atoms with Crippen molar-refractivity contribution in [2.75, 3.05) is 42.3 Å². The van der Waals surface area contributed by atoms with Crippen LogP contribution in [0.3, 0.4) is 0 Å². The number of hydrogen-bond acceptors (Lipinski definition) is 7. The van der Waals surface area contributed by atoms with Crippen molar-refractivity contribution >= 4 is 37.3 Å². The molecule has 2 aliphatic rings. The molecule has 1 amide bonds. The molecule has 0 bridgehead atoms. The van der Waals surface area contributed by atoms with Crippen molar-refractivity contribution in [1.29, 1.82) is 0 Å². The van der Waals surface area contributed by atoms with E-state index in [9.17, 15) is 21.6 Å². The van der Waals surface area contributed by atoms with Gasteiger partial charge in [-0.15, -0.1) is 0 Å². The molecule has 12 heteroatoms. The lowest BCUT2D eigenvalue weighted by atomic mass is 10.2. The molecule has 2 aromatic carbocycles. The fourth-order valence-corrected chi connectivity index (χ4v) is 6.28. The Bertz CT molecular complexity index is 1250. The summed E-state index contributed by atoms with van der Waals surface area (Å²) in [5, 5.41) is 2.63. The molecule has 10 nitrogen and oxygen atoms in total.